The second-order valence-corrected chi connectivity index (χ2v) is 3.17. The molecule has 1 aromatic carbocycles. The molecule has 0 amide bonds. The van der Waals surface area contributed by atoms with Crippen LogP contribution in [-0.4, -0.2) is 12.2 Å². The van der Waals surface area contributed by atoms with Crippen LogP contribution in [0.25, 0.3) is 0 Å². The number of hydrogen-bond acceptors (Lipinski definition) is 1. The van der Waals surface area contributed by atoms with Gasteiger partial charge in [0.1, 0.15) is 6.04 Å². The molecule has 0 aromatic heterocycles. The van der Waals surface area contributed by atoms with E-state index in [1.165, 1.54) is 0 Å². The number of halogens is 3. The number of nitrogens with two attached hydrogens (primary N) is 1. The Kier molecular flexibility index (Phi) is 3.52. The van der Waals surface area contributed by atoms with E-state index in [1.54, 1.807) is 24.3 Å². The van der Waals surface area contributed by atoms with Crippen LogP contribution in [0.4, 0.5) is 13.2 Å². The molecule has 14 heavy (non-hydrogen) atoms. The highest BCUT2D eigenvalue weighted by Gasteiger charge is 2.35. The van der Waals surface area contributed by atoms with Crippen LogP contribution >= 0.6 is 0 Å². The number of hydrogen-bond donors (Lipinski definition) is 1. The number of rotatable bonds is 3. The van der Waals surface area contributed by atoms with Crippen molar-refractivity contribution in [1.82, 2.24) is 0 Å². The monoisotopic (exact) mass is 203 g/mol. The Morgan fingerprint density at radius 2 is 1.71 bits per heavy atom. The second-order valence-electron chi connectivity index (χ2n) is 3.17. The first-order chi connectivity index (χ1) is 6.50. The van der Waals surface area contributed by atoms with Gasteiger partial charge in [0.25, 0.3) is 0 Å². The van der Waals surface area contributed by atoms with Crippen molar-refractivity contribution in [3.8, 4) is 0 Å². The maximum atomic E-state index is 12.0. The van der Waals surface area contributed by atoms with Crippen molar-refractivity contribution in [2.75, 3.05) is 0 Å². The lowest BCUT2D eigenvalue weighted by molar-refractivity contribution is -0.148. The van der Waals surface area contributed by atoms with E-state index in [2.05, 4.69) is 0 Å². The Balaban J connectivity index is 2.42. The molecule has 78 valence electrons. The molecular weight excluding hydrogens is 191 g/mol. The SMILES string of the molecule is NC(CCc1ccccc1)C(F)(F)F. The van der Waals surface area contributed by atoms with E-state index in [0.29, 0.717) is 6.42 Å². The molecule has 1 atom stereocenters. The van der Waals surface area contributed by atoms with Crippen molar-refractivity contribution in [3.63, 3.8) is 0 Å². The summed E-state index contributed by atoms with van der Waals surface area (Å²) in [6, 6.07) is 7.30. The number of benzene rings is 1. The van der Waals surface area contributed by atoms with Crippen molar-refractivity contribution in [2.24, 2.45) is 5.73 Å². The minimum atomic E-state index is -4.28. The van der Waals surface area contributed by atoms with Crippen molar-refractivity contribution in [1.29, 1.82) is 0 Å². The molecule has 4 heteroatoms. The van der Waals surface area contributed by atoms with Crippen molar-refractivity contribution in [2.45, 2.75) is 25.1 Å². The van der Waals surface area contributed by atoms with Gasteiger partial charge < -0.3 is 5.73 Å². The van der Waals surface area contributed by atoms with Gasteiger partial charge in [-0.15, -0.1) is 0 Å². The van der Waals surface area contributed by atoms with Gasteiger partial charge in [0, 0.05) is 0 Å². The summed E-state index contributed by atoms with van der Waals surface area (Å²) in [6.07, 6.45) is -3.98. The smallest absolute Gasteiger partial charge is 0.320 e. The van der Waals surface area contributed by atoms with Gasteiger partial charge in [0.15, 0.2) is 0 Å². The summed E-state index contributed by atoms with van der Waals surface area (Å²) >= 11 is 0. The van der Waals surface area contributed by atoms with Crippen molar-refractivity contribution < 1.29 is 13.2 Å². The van der Waals surface area contributed by atoms with E-state index in [1.807, 2.05) is 6.07 Å². The molecule has 1 aromatic rings. The fourth-order valence-corrected chi connectivity index (χ4v) is 1.13. The zero-order valence-corrected chi connectivity index (χ0v) is 7.59. The molecule has 1 unspecified atom stereocenters. The van der Waals surface area contributed by atoms with Gasteiger partial charge >= 0.3 is 6.18 Å². The van der Waals surface area contributed by atoms with E-state index >= 15 is 0 Å². The lowest BCUT2D eigenvalue weighted by Gasteiger charge is -2.14. The minimum absolute atomic E-state index is 0.0620. The van der Waals surface area contributed by atoms with Gasteiger partial charge in [-0.05, 0) is 18.4 Å². The summed E-state index contributed by atoms with van der Waals surface area (Å²) in [6.45, 7) is 0. The van der Waals surface area contributed by atoms with Crippen LogP contribution in [0.2, 0.25) is 0 Å². The van der Waals surface area contributed by atoms with Gasteiger partial charge in [-0.2, -0.15) is 13.2 Å². The first-order valence-corrected chi connectivity index (χ1v) is 4.36. The Hall–Kier alpha value is -1.03. The summed E-state index contributed by atoms with van der Waals surface area (Å²) < 4.78 is 36.1. The summed E-state index contributed by atoms with van der Waals surface area (Å²) in [4.78, 5) is 0. The molecule has 1 nitrogen and oxygen atoms in total. The van der Waals surface area contributed by atoms with Gasteiger partial charge in [-0.3, -0.25) is 0 Å². The second kappa shape index (κ2) is 4.46. The van der Waals surface area contributed by atoms with E-state index in [-0.39, 0.29) is 6.42 Å². The fourth-order valence-electron chi connectivity index (χ4n) is 1.13. The van der Waals surface area contributed by atoms with Crippen LogP contribution in [0, 0.1) is 0 Å². The van der Waals surface area contributed by atoms with Gasteiger partial charge in [-0.25, -0.2) is 0 Å². The quantitative estimate of drug-likeness (QED) is 0.802. The first-order valence-electron chi connectivity index (χ1n) is 4.36. The summed E-state index contributed by atoms with van der Waals surface area (Å²) in [5.41, 5.74) is 5.86. The maximum absolute atomic E-state index is 12.0. The third-order valence-electron chi connectivity index (χ3n) is 2.01. The van der Waals surface area contributed by atoms with Crippen molar-refractivity contribution >= 4 is 0 Å². The highest BCUT2D eigenvalue weighted by Crippen LogP contribution is 2.21. The topological polar surface area (TPSA) is 26.0 Å². The van der Waals surface area contributed by atoms with Crippen molar-refractivity contribution in [3.05, 3.63) is 35.9 Å². The molecule has 0 heterocycles. The Morgan fingerprint density at radius 3 is 2.21 bits per heavy atom. The third-order valence-corrected chi connectivity index (χ3v) is 2.01. The molecule has 0 fully saturated rings. The normalized spacial score (nSPS) is 14.0. The van der Waals surface area contributed by atoms with Crippen LogP contribution in [0.5, 0.6) is 0 Å². The highest BCUT2D eigenvalue weighted by molar-refractivity contribution is 5.14. The number of alkyl halides is 3. The molecule has 0 bridgehead atoms. The Bertz CT molecular complexity index is 268. The molecule has 0 spiro atoms. The van der Waals surface area contributed by atoms with Crippen LogP contribution < -0.4 is 5.73 Å². The summed E-state index contributed by atoms with van der Waals surface area (Å²) in [5, 5.41) is 0. The first kappa shape index (κ1) is 11.0. The Morgan fingerprint density at radius 1 is 1.14 bits per heavy atom. The van der Waals surface area contributed by atoms with Gasteiger partial charge in [0.2, 0.25) is 0 Å². The highest BCUT2D eigenvalue weighted by atomic mass is 19.4. The molecule has 2 N–H and O–H groups in total. The average Bonchev–Trinajstić information content (AvgIpc) is 2.14. The lowest BCUT2D eigenvalue weighted by Crippen LogP contribution is -2.37. The minimum Gasteiger partial charge on any atom is -0.320 e. The molecule has 0 saturated heterocycles. The molecular formula is C10H12F3N. The largest absolute Gasteiger partial charge is 0.403 e. The van der Waals surface area contributed by atoms with Crippen LogP contribution in [-0.2, 0) is 6.42 Å². The standard InChI is InChI=1S/C10H12F3N/c11-10(12,13)9(14)7-6-8-4-2-1-3-5-8/h1-5,9H,6-7,14H2. The summed E-state index contributed by atoms with van der Waals surface area (Å²) in [7, 11) is 0. The molecule has 0 aliphatic heterocycles. The molecule has 0 aliphatic carbocycles. The van der Waals surface area contributed by atoms with E-state index < -0.39 is 12.2 Å². The fraction of sp³-hybridized carbons (Fsp3) is 0.400. The predicted octanol–water partition coefficient (Wildman–Crippen LogP) is 2.51. The lowest BCUT2D eigenvalue weighted by atomic mass is 10.1. The average molecular weight is 203 g/mol. The molecule has 0 aliphatic rings. The number of aryl methyl sites for hydroxylation is 1. The Labute approximate surface area is 80.7 Å². The zero-order chi connectivity index (χ0) is 10.6. The third kappa shape index (κ3) is 3.38. The van der Waals surface area contributed by atoms with Crippen LogP contribution in [0.15, 0.2) is 30.3 Å². The van der Waals surface area contributed by atoms with E-state index in [9.17, 15) is 13.2 Å². The maximum Gasteiger partial charge on any atom is 0.403 e. The van der Waals surface area contributed by atoms with E-state index in [0.717, 1.165) is 5.56 Å². The summed E-state index contributed by atoms with van der Waals surface area (Å²) in [5.74, 6) is 0. The zero-order valence-electron chi connectivity index (χ0n) is 7.59. The molecule has 0 radical (unpaired) electrons. The predicted molar refractivity (Wildman–Crippen MR) is 48.8 cm³/mol. The van der Waals surface area contributed by atoms with Crippen LogP contribution in [0.3, 0.4) is 0 Å². The van der Waals surface area contributed by atoms with Crippen LogP contribution in [0.1, 0.15) is 12.0 Å². The van der Waals surface area contributed by atoms with E-state index in [4.69, 9.17) is 5.73 Å². The molecule has 1 rings (SSSR count). The van der Waals surface area contributed by atoms with Gasteiger partial charge in [0.05, 0.1) is 0 Å². The molecule has 0 saturated carbocycles. The van der Waals surface area contributed by atoms with Gasteiger partial charge in [-0.1, -0.05) is 30.3 Å².